The summed E-state index contributed by atoms with van der Waals surface area (Å²) in [4.78, 5) is 10.1. The normalized spacial score (nSPS) is 10.8. The van der Waals surface area contributed by atoms with Crippen molar-refractivity contribution in [3.63, 3.8) is 0 Å². The molecule has 0 aliphatic rings. The van der Waals surface area contributed by atoms with Crippen LogP contribution in [0.15, 0.2) is 73.1 Å². The van der Waals surface area contributed by atoms with E-state index >= 15 is 0 Å². The zero-order valence-electron chi connectivity index (χ0n) is 24.1. The molecular weight excluding hydrogens is 454 g/mol. The smallest absolute Gasteiger partial charge is 0.0995 e. The Kier molecular flexibility index (Phi) is 14.6. The second kappa shape index (κ2) is 17.1. The predicted molar refractivity (Wildman–Crippen MR) is 164 cm³/mol. The fourth-order valence-electron chi connectivity index (χ4n) is 4.18. The van der Waals surface area contributed by atoms with E-state index in [4.69, 9.17) is 0 Å². The third kappa shape index (κ3) is 9.18. The summed E-state index contributed by atoms with van der Waals surface area (Å²) in [5, 5.41) is 3.27. The molecule has 0 radical (unpaired) electrons. The molecule has 1 N–H and O–H groups in total. The van der Waals surface area contributed by atoms with Crippen molar-refractivity contribution >= 4 is 18.5 Å². The average molecular weight is 502 g/mol. The molecule has 0 bridgehead atoms. The van der Waals surface area contributed by atoms with Crippen LogP contribution in [0, 0.1) is 13.8 Å². The van der Waals surface area contributed by atoms with Crippen LogP contribution in [0.3, 0.4) is 0 Å². The van der Waals surface area contributed by atoms with Gasteiger partial charge in [0.05, 0.1) is 23.8 Å². The molecule has 5 heteroatoms. The summed E-state index contributed by atoms with van der Waals surface area (Å²) in [5.74, 6) is 0. The molecule has 0 aliphatic heterocycles. The van der Waals surface area contributed by atoms with Crippen molar-refractivity contribution in [1.82, 2.24) is 19.8 Å². The largest absolute Gasteiger partial charge is 0.364 e. The van der Waals surface area contributed by atoms with E-state index in [1.54, 1.807) is 7.05 Å². The number of hydrogen-bond acceptors (Lipinski definition) is 4. The molecule has 3 aromatic rings. The Hall–Kier alpha value is -3.44. The molecule has 1 atom stereocenters. The lowest BCUT2D eigenvalue weighted by Crippen LogP contribution is -2.29. The molecule has 0 fully saturated rings. The molecule has 0 amide bonds. The van der Waals surface area contributed by atoms with Crippen LogP contribution in [-0.2, 0) is 0 Å². The summed E-state index contributed by atoms with van der Waals surface area (Å²) >= 11 is 0. The first-order valence-corrected chi connectivity index (χ1v) is 13.2. The third-order valence-corrected chi connectivity index (χ3v) is 5.97. The Balaban J connectivity index is 0.00000127. The number of rotatable bonds is 11. The zero-order chi connectivity index (χ0) is 27.8. The van der Waals surface area contributed by atoms with Gasteiger partial charge < -0.3 is 19.8 Å². The third-order valence-electron chi connectivity index (χ3n) is 5.97. The summed E-state index contributed by atoms with van der Waals surface area (Å²) in [6, 6.07) is 15.7. The first-order chi connectivity index (χ1) is 17.9. The highest BCUT2D eigenvalue weighted by molar-refractivity contribution is 5.70. The lowest BCUT2D eigenvalue weighted by molar-refractivity contribution is 0.287. The van der Waals surface area contributed by atoms with Crippen LogP contribution in [0.5, 0.6) is 0 Å². The minimum Gasteiger partial charge on any atom is -0.364 e. The average Bonchev–Trinajstić information content (AvgIpc) is 3.36. The van der Waals surface area contributed by atoms with Gasteiger partial charge in [-0.2, -0.15) is 0 Å². The highest BCUT2D eigenvalue weighted by Gasteiger charge is 2.21. The Labute approximate surface area is 225 Å². The number of benzene rings is 2. The van der Waals surface area contributed by atoms with Gasteiger partial charge in [-0.25, -0.2) is 4.98 Å². The highest BCUT2D eigenvalue weighted by atomic mass is 15.2. The van der Waals surface area contributed by atoms with Crippen LogP contribution in [0.1, 0.15) is 67.6 Å². The van der Waals surface area contributed by atoms with Gasteiger partial charge >= 0.3 is 0 Å². The van der Waals surface area contributed by atoms with Crippen LogP contribution in [-0.4, -0.2) is 48.4 Å². The maximum absolute atomic E-state index is 4.55. The second-order valence-electron chi connectivity index (χ2n) is 8.65. The van der Waals surface area contributed by atoms with Crippen molar-refractivity contribution in [1.29, 1.82) is 0 Å². The summed E-state index contributed by atoms with van der Waals surface area (Å²) in [5.41, 5.74) is 7.92. The van der Waals surface area contributed by atoms with Crippen LogP contribution in [0.2, 0.25) is 0 Å². The lowest BCUT2D eigenvalue weighted by Gasteiger charge is -2.35. The van der Waals surface area contributed by atoms with Crippen molar-refractivity contribution in [3.8, 4) is 5.69 Å². The lowest BCUT2D eigenvalue weighted by atomic mass is 9.98. The van der Waals surface area contributed by atoms with Gasteiger partial charge in [-0.05, 0) is 75.8 Å². The van der Waals surface area contributed by atoms with E-state index in [1.807, 2.05) is 51.0 Å². The molecule has 0 saturated carbocycles. The molecule has 0 spiro atoms. The van der Waals surface area contributed by atoms with Gasteiger partial charge in [0.15, 0.2) is 0 Å². The van der Waals surface area contributed by atoms with Gasteiger partial charge in [-0.15, -0.1) is 0 Å². The molecule has 37 heavy (non-hydrogen) atoms. The fourth-order valence-corrected chi connectivity index (χ4v) is 4.18. The number of nitrogens with one attached hydrogen (secondary N) is 1. The van der Waals surface area contributed by atoms with E-state index in [1.165, 1.54) is 11.1 Å². The number of aliphatic imine (C=N–C) groups is 1. The summed E-state index contributed by atoms with van der Waals surface area (Å²) in [6.07, 6.45) is 7.86. The van der Waals surface area contributed by atoms with Crippen molar-refractivity contribution in [2.45, 2.75) is 53.5 Å². The monoisotopic (exact) mass is 501 g/mol. The number of hydrogen-bond donors (Lipinski definition) is 1. The van der Waals surface area contributed by atoms with Gasteiger partial charge in [0.2, 0.25) is 0 Å². The molecule has 2 aromatic carbocycles. The first-order valence-electron chi connectivity index (χ1n) is 13.2. The van der Waals surface area contributed by atoms with E-state index in [2.05, 4.69) is 96.4 Å². The molecule has 1 unspecified atom stereocenters. The Bertz CT molecular complexity index is 1090. The summed E-state index contributed by atoms with van der Waals surface area (Å²) in [7, 11) is 3.64. The molecule has 3 rings (SSSR count). The Morgan fingerprint density at radius 3 is 2.32 bits per heavy atom. The molecule has 1 heterocycles. The van der Waals surface area contributed by atoms with Gasteiger partial charge in [-0.1, -0.05) is 75.9 Å². The van der Waals surface area contributed by atoms with Crippen molar-refractivity contribution in [2.75, 3.05) is 27.2 Å². The quantitative estimate of drug-likeness (QED) is 0.218. The van der Waals surface area contributed by atoms with Crippen LogP contribution in [0.25, 0.3) is 17.5 Å². The van der Waals surface area contributed by atoms with Gasteiger partial charge in [0.1, 0.15) is 0 Å². The maximum atomic E-state index is 4.55. The van der Waals surface area contributed by atoms with Crippen LogP contribution >= 0.6 is 0 Å². The maximum Gasteiger partial charge on any atom is 0.0995 e. The Morgan fingerprint density at radius 2 is 1.81 bits per heavy atom. The molecule has 0 saturated heterocycles. The van der Waals surface area contributed by atoms with Crippen LogP contribution in [0.4, 0.5) is 0 Å². The molecule has 5 nitrogen and oxygen atoms in total. The number of aromatic nitrogens is 2. The van der Waals surface area contributed by atoms with Gasteiger partial charge in [0.25, 0.3) is 0 Å². The second-order valence-corrected chi connectivity index (χ2v) is 8.65. The molecular formula is C32H47N5. The van der Waals surface area contributed by atoms with E-state index < -0.39 is 0 Å². The SMILES string of the molecule is C=Cc1cc(C(=C)N(CCCNC)C(CC)c2ccc(C)cc2)ccc1-n1cnc(C)c1.C=NC.CC. The van der Waals surface area contributed by atoms with Crippen molar-refractivity contribution < 1.29 is 0 Å². The standard InChI is InChI=1S/C28H36N4.C2H5N.C2H6/c1-7-24-18-26(14-15-28(24)31-19-22(4)30-20-31)23(5)32(17-9-16-29-6)27(8-2)25-12-10-21(3)11-13-25;1-3-2;1-2/h7,10-15,18-20,27,29H,1,5,8-9,16-17H2,2-4,6H3;1H2,2H3;1-2H3. The minimum atomic E-state index is 0.281. The molecule has 1 aromatic heterocycles. The predicted octanol–water partition coefficient (Wildman–Crippen LogP) is 7.51. The highest BCUT2D eigenvalue weighted by Crippen LogP contribution is 2.33. The van der Waals surface area contributed by atoms with Crippen molar-refractivity contribution in [3.05, 3.63) is 96.1 Å². The Morgan fingerprint density at radius 1 is 1.16 bits per heavy atom. The summed E-state index contributed by atoms with van der Waals surface area (Å²) < 4.78 is 2.05. The van der Waals surface area contributed by atoms with E-state index in [0.717, 1.165) is 54.1 Å². The molecule has 200 valence electrons. The van der Waals surface area contributed by atoms with E-state index in [0.29, 0.717) is 0 Å². The number of imidazole rings is 1. The minimum absolute atomic E-state index is 0.281. The van der Waals surface area contributed by atoms with Crippen molar-refractivity contribution in [2.24, 2.45) is 4.99 Å². The van der Waals surface area contributed by atoms with E-state index in [9.17, 15) is 0 Å². The van der Waals surface area contributed by atoms with Gasteiger partial charge in [-0.3, -0.25) is 0 Å². The molecule has 0 aliphatic carbocycles. The topological polar surface area (TPSA) is 45.5 Å². The first kappa shape index (κ1) is 31.6. The van der Waals surface area contributed by atoms with Crippen LogP contribution < -0.4 is 5.32 Å². The number of nitrogens with zero attached hydrogens (tertiary/aromatic N) is 4. The fraction of sp³-hybridized carbons (Fsp3) is 0.375. The number of aryl methyl sites for hydroxylation is 2. The van der Waals surface area contributed by atoms with E-state index in [-0.39, 0.29) is 6.04 Å². The summed E-state index contributed by atoms with van der Waals surface area (Å²) in [6.45, 7) is 24.0. The zero-order valence-corrected chi connectivity index (χ0v) is 24.1. The van der Waals surface area contributed by atoms with Gasteiger partial charge in [0, 0.05) is 25.5 Å².